The third-order valence-electron chi connectivity index (χ3n) is 3.35. The van der Waals surface area contributed by atoms with Gasteiger partial charge in [0.2, 0.25) is 5.72 Å². The minimum absolute atomic E-state index is 0.0588. The number of ether oxygens (including phenoxy) is 1. The fourth-order valence-electron chi connectivity index (χ4n) is 1.97. The maximum Gasteiger partial charge on any atom is 0.410 e. The highest BCUT2D eigenvalue weighted by atomic mass is 127. The summed E-state index contributed by atoms with van der Waals surface area (Å²) in [5, 5.41) is 23.5. The fourth-order valence-corrected chi connectivity index (χ4v) is 3.30. The maximum atomic E-state index is 12.1. The first-order valence-electron chi connectivity index (χ1n) is 7.60. The van der Waals surface area contributed by atoms with E-state index in [0.717, 1.165) is 0 Å². The second-order valence-electron chi connectivity index (χ2n) is 6.72. The number of amides is 1. The zero-order valence-corrected chi connectivity index (χ0v) is 17.8. The molecule has 142 valence electrons. The van der Waals surface area contributed by atoms with Gasteiger partial charge in [-0.3, -0.25) is 5.32 Å². The molecule has 0 radical (unpaired) electrons. The number of rotatable bonds is 5. The van der Waals surface area contributed by atoms with Crippen LogP contribution >= 0.6 is 22.6 Å². The number of aliphatic hydroxyl groups is 2. The smallest absolute Gasteiger partial charge is 0.410 e. The molecule has 0 aliphatic heterocycles. The van der Waals surface area contributed by atoms with E-state index in [-0.39, 0.29) is 16.2 Å². The Morgan fingerprint density at radius 3 is 2.00 bits per heavy atom. The maximum absolute atomic E-state index is 12.1. The summed E-state index contributed by atoms with van der Waals surface area (Å²) >= 11 is 1.58. The van der Waals surface area contributed by atoms with Gasteiger partial charge >= 0.3 is 6.09 Å². The molecule has 0 bridgehead atoms. The van der Waals surface area contributed by atoms with E-state index in [1.165, 1.54) is 38.1 Å². The number of nitrogens with one attached hydrogen (secondary N) is 1. The lowest BCUT2D eigenvalue weighted by Gasteiger charge is -2.38. The SMILES string of the molecule is CCS(=O)(=O)c1ccc(C(O)(NC(=O)OC(C)(C)C)[C@](C)(O)I)cc1. The van der Waals surface area contributed by atoms with Crippen molar-refractivity contribution in [3.63, 3.8) is 0 Å². The number of alkyl carbamates (subject to hydrolysis) is 1. The van der Waals surface area contributed by atoms with Crippen LogP contribution in [-0.4, -0.2) is 39.7 Å². The minimum atomic E-state index is -3.40. The molecule has 0 fully saturated rings. The van der Waals surface area contributed by atoms with E-state index in [4.69, 9.17) is 4.74 Å². The molecule has 0 spiro atoms. The Hall–Kier alpha value is -0.910. The Morgan fingerprint density at radius 1 is 1.16 bits per heavy atom. The molecule has 9 heteroatoms. The molecule has 2 atom stereocenters. The molecule has 1 aromatic rings. The van der Waals surface area contributed by atoms with Crippen LogP contribution in [0, 0.1) is 0 Å². The number of halogens is 1. The second kappa shape index (κ2) is 7.37. The summed E-state index contributed by atoms with van der Waals surface area (Å²) in [5.41, 5.74) is -2.86. The van der Waals surface area contributed by atoms with Gasteiger partial charge in [-0.15, -0.1) is 0 Å². The monoisotopic (exact) mass is 485 g/mol. The minimum Gasteiger partial charge on any atom is -0.444 e. The molecule has 7 nitrogen and oxygen atoms in total. The molecule has 0 saturated carbocycles. The van der Waals surface area contributed by atoms with Gasteiger partial charge < -0.3 is 14.9 Å². The third-order valence-corrected chi connectivity index (χ3v) is 5.88. The quantitative estimate of drug-likeness (QED) is 0.335. The number of carbonyl (C=O) groups excluding carboxylic acids is 1. The average Bonchev–Trinajstić information content (AvgIpc) is 2.44. The molecule has 25 heavy (non-hydrogen) atoms. The normalized spacial score (nSPS) is 17.3. The van der Waals surface area contributed by atoms with Crippen LogP contribution in [0.3, 0.4) is 0 Å². The topological polar surface area (TPSA) is 113 Å². The standard InChI is InChI=1S/C16H24INO6S/c1-6-25(22,23)12-9-7-11(8-10-12)16(21,15(5,17)20)18-13(19)24-14(2,3)4/h7-10,20-21H,6H2,1-5H3,(H,18,19)/t15-,16?/m0/s1. The van der Waals surface area contributed by atoms with Crippen molar-refractivity contribution in [1.29, 1.82) is 0 Å². The van der Waals surface area contributed by atoms with Crippen LogP contribution in [0.15, 0.2) is 29.2 Å². The Balaban J connectivity index is 3.26. The van der Waals surface area contributed by atoms with Crippen LogP contribution in [-0.2, 0) is 20.3 Å². The number of hydrogen-bond acceptors (Lipinski definition) is 6. The summed E-state index contributed by atoms with van der Waals surface area (Å²) in [4.78, 5) is 12.2. The molecule has 3 N–H and O–H groups in total. The lowest BCUT2D eigenvalue weighted by Crippen LogP contribution is -2.58. The summed E-state index contributed by atoms with van der Waals surface area (Å²) in [6.45, 7) is 7.83. The van der Waals surface area contributed by atoms with Crippen molar-refractivity contribution < 1.29 is 28.2 Å². The summed E-state index contributed by atoms with van der Waals surface area (Å²) in [5.74, 6) is -0.0588. The lowest BCUT2D eigenvalue weighted by molar-refractivity contribution is -0.106. The fraction of sp³-hybridized carbons (Fsp3) is 0.562. The van der Waals surface area contributed by atoms with Crippen molar-refractivity contribution in [1.82, 2.24) is 5.32 Å². The molecular formula is C16H24INO6S. The van der Waals surface area contributed by atoms with Gasteiger partial charge in [0.25, 0.3) is 0 Å². The van der Waals surface area contributed by atoms with E-state index in [1.54, 1.807) is 43.4 Å². The van der Waals surface area contributed by atoms with Crippen molar-refractivity contribution in [2.24, 2.45) is 0 Å². The predicted octanol–water partition coefficient (Wildman–Crippen LogP) is 2.29. The number of hydrogen-bond donors (Lipinski definition) is 3. The molecule has 0 heterocycles. The van der Waals surface area contributed by atoms with Gasteiger partial charge in [-0.2, -0.15) is 0 Å². The number of sulfone groups is 1. The Bertz CT molecular complexity index is 718. The molecule has 0 aromatic heterocycles. The van der Waals surface area contributed by atoms with Gasteiger partial charge in [0.05, 0.1) is 10.6 Å². The molecule has 1 unspecified atom stereocenters. The van der Waals surface area contributed by atoms with Crippen molar-refractivity contribution in [2.45, 2.75) is 54.4 Å². The highest BCUT2D eigenvalue weighted by molar-refractivity contribution is 14.1. The molecule has 0 aliphatic rings. The van der Waals surface area contributed by atoms with Crippen molar-refractivity contribution in [3.05, 3.63) is 29.8 Å². The number of carbonyl (C=O) groups is 1. The highest BCUT2D eigenvalue weighted by Gasteiger charge is 2.48. The van der Waals surface area contributed by atoms with Gasteiger partial charge in [0.1, 0.15) is 5.60 Å². The first-order chi connectivity index (χ1) is 11.1. The largest absolute Gasteiger partial charge is 0.444 e. The van der Waals surface area contributed by atoms with Crippen molar-refractivity contribution in [3.8, 4) is 0 Å². The van der Waals surface area contributed by atoms with Gasteiger partial charge in [-0.1, -0.05) is 19.1 Å². The van der Waals surface area contributed by atoms with Crippen molar-refractivity contribution in [2.75, 3.05) is 5.75 Å². The van der Waals surface area contributed by atoms with Crippen LogP contribution in [0.1, 0.15) is 40.2 Å². The van der Waals surface area contributed by atoms with E-state index in [1.807, 2.05) is 0 Å². The van der Waals surface area contributed by atoms with Crippen LogP contribution in [0.5, 0.6) is 0 Å². The first-order valence-corrected chi connectivity index (χ1v) is 10.3. The van der Waals surface area contributed by atoms with E-state index >= 15 is 0 Å². The van der Waals surface area contributed by atoms with E-state index in [9.17, 15) is 23.4 Å². The van der Waals surface area contributed by atoms with Crippen molar-refractivity contribution >= 4 is 38.5 Å². The van der Waals surface area contributed by atoms with Crippen LogP contribution in [0.2, 0.25) is 0 Å². The second-order valence-corrected chi connectivity index (χ2v) is 11.1. The van der Waals surface area contributed by atoms with E-state index in [2.05, 4.69) is 5.32 Å². The van der Waals surface area contributed by atoms with Gasteiger partial charge in [-0.05, 0) is 62.4 Å². The Morgan fingerprint density at radius 2 is 1.64 bits per heavy atom. The third kappa shape index (κ3) is 5.53. The first kappa shape index (κ1) is 22.1. The Kier molecular flexibility index (Phi) is 6.53. The van der Waals surface area contributed by atoms with E-state index in [0.29, 0.717) is 0 Å². The van der Waals surface area contributed by atoms with Crippen LogP contribution in [0.4, 0.5) is 4.79 Å². The average molecular weight is 485 g/mol. The molecule has 1 amide bonds. The zero-order chi connectivity index (χ0) is 19.7. The Labute approximate surface area is 161 Å². The molecular weight excluding hydrogens is 461 g/mol. The summed E-state index contributed by atoms with van der Waals surface area (Å²) < 4.78 is 27.1. The summed E-state index contributed by atoms with van der Waals surface area (Å²) in [6.07, 6.45) is -0.919. The highest BCUT2D eigenvalue weighted by Crippen LogP contribution is 2.36. The van der Waals surface area contributed by atoms with Gasteiger partial charge in [0.15, 0.2) is 13.4 Å². The molecule has 0 aliphatic carbocycles. The van der Waals surface area contributed by atoms with Gasteiger partial charge in [-0.25, -0.2) is 13.2 Å². The number of benzene rings is 1. The molecule has 0 saturated heterocycles. The number of alkyl halides is 1. The lowest BCUT2D eigenvalue weighted by atomic mass is 9.98. The molecule has 1 rings (SSSR count). The van der Waals surface area contributed by atoms with E-state index < -0.39 is 30.9 Å². The van der Waals surface area contributed by atoms with Crippen LogP contribution in [0.25, 0.3) is 0 Å². The van der Waals surface area contributed by atoms with Gasteiger partial charge in [0, 0.05) is 5.56 Å². The summed E-state index contributed by atoms with van der Waals surface area (Å²) in [6, 6.07) is 5.32. The molecule has 1 aromatic carbocycles. The van der Waals surface area contributed by atoms with Crippen LogP contribution < -0.4 is 5.32 Å². The summed E-state index contributed by atoms with van der Waals surface area (Å²) in [7, 11) is -3.40. The zero-order valence-electron chi connectivity index (χ0n) is 14.8. The predicted molar refractivity (Wildman–Crippen MR) is 102 cm³/mol.